The topological polar surface area (TPSA) is 55.3 Å². The molecule has 5 nitrogen and oxygen atoms in total. The van der Waals surface area contributed by atoms with Gasteiger partial charge in [0.05, 0.1) is 10.0 Å². The number of hydrogen-bond donors (Lipinski definition) is 2. The maximum atomic E-state index is 12.0. The van der Waals surface area contributed by atoms with Crippen molar-refractivity contribution < 1.29 is 9.53 Å². The van der Waals surface area contributed by atoms with Crippen molar-refractivity contribution >= 4 is 51.6 Å². The van der Waals surface area contributed by atoms with Gasteiger partial charge in [0, 0.05) is 41.1 Å². The summed E-state index contributed by atoms with van der Waals surface area (Å²) in [6.45, 7) is 6.83. The van der Waals surface area contributed by atoms with E-state index in [0.717, 1.165) is 30.6 Å². The van der Waals surface area contributed by atoms with Gasteiger partial charge in [-0.1, -0.05) is 23.2 Å². The molecule has 1 amide bonds. The Morgan fingerprint density at radius 2 is 1.81 bits per heavy atom. The minimum absolute atomic E-state index is 0.381. The molecule has 0 bridgehead atoms. The number of nitrogens with zero attached hydrogens (tertiary/aromatic N) is 1. The first-order valence-corrected chi connectivity index (χ1v) is 11.3. The normalized spacial score (nSPS) is 13.3. The second-order valence-electron chi connectivity index (χ2n) is 8.84. The number of alkyl carbamates (subject to hydrolysis) is 1. The number of carbonyl (C=O) groups is 1. The molecule has 0 aliphatic heterocycles. The van der Waals surface area contributed by atoms with Crippen molar-refractivity contribution in [3.05, 3.63) is 57.7 Å². The summed E-state index contributed by atoms with van der Waals surface area (Å²) in [5.74, 6) is 0. The molecule has 0 atom stereocenters. The van der Waals surface area contributed by atoms with Crippen LogP contribution in [-0.4, -0.2) is 22.8 Å². The van der Waals surface area contributed by atoms with Gasteiger partial charge in [0.25, 0.3) is 0 Å². The lowest BCUT2D eigenvalue weighted by Gasteiger charge is -2.20. The highest BCUT2D eigenvalue weighted by atomic mass is 35.5. The highest BCUT2D eigenvalue weighted by molar-refractivity contribution is 6.42. The molecule has 3 aromatic rings. The molecule has 0 fully saturated rings. The summed E-state index contributed by atoms with van der Waals surface area (Å²) in [5.41, 5.74) is 5.37. The Morgan fingerprint density at radius 3 is 2.55 bits per heavy atom. The van der Waals surface area contributed by atoms with Gasteiger partial charge in [-0.3, -0.25) is 0 Å². The fourth-order valence-electron chi connectivity index (χ4n) is 4.13. The fraction of sp³-hybridized carbons (Fsp3) is 0.375. The quantitative estimate of drug-likeness (QED) is 0.445. The van der Waals surface area contributed by atoms with Gasteiger partial charge in [0.15, 0.2) is 0 Å². The summed E-state index contributed by atoms with van der Waals surface area (Å²) in [5, 5.41) is 8.61. The molecule has 2 N–H and O–H groups in total. The van der Waals surface area contributed by atoms with Gasteiger partial charge in [-0.25, -0.2) is 4.79 Å². The van der Waals surface area contributed by atoms with Gasteiger partial charge in [-0.2, -0.15) is 0 Å². The molecule has 0 saturated heterocycles. The van der Waals surface area contributed by atoms with Crippen molar-refractivity contribution in [1.29, 1.82) is 0 Å². The first-order chi connectivity index (χ1) is 14.7. The lowest BCUT2D eigenvalue weighted by molar-refractivity contribution is 0.0526. The maximum absolute atomic E-state index is 12.0. The van der Waals surface area contributed by atoms with Gasteiger partial charge in [0.2, 0.25) is 0 Å². The SMILES string of the molecule is CC(C)(C)OC(=O)NCCn1c2c(c3cc(Nc4ccc(Cl)c(Cl)c4)ccc31)CCC2. The van der Waals surface area contributed by atoms with Crippen LogP contribution in [0.3, 0.4) is 0 Å². The summed E-state index contributed by atoms with van der Waals surface area (Å²) in [4.78, 5) is 12.0. The average molecular weight is 460 g/mol. The highest BCUT2D eigenvalue weighted by Crippen LogP contribution is 2.35. The minimum Gasteiger partial charge on any atom is -0.444 e. The van der Waals surface area contributed by atoms with E-state index in [4.69, 9.17) is 27.9 Å². The Hall–Kier alpha value is -2.37. The first-order valence-electron chi connectivity index (χ1n) is 10.5. The Bertz CT molecular complexity index is 1130. The zero-order valence-electron chi connectivity index (χ0n) is 18.0. The molecule has 31 heavy (non-hydrogen) atoms. The van der Waals surface area contributed by atoms with Gasteiger partial charge in [-0.05, 0) is 82.0 Å². The molecule has 0 radical (unpaired) electrons. The van der Waals surface area contributed by atoms with E-state index in [1.807, 2.05) is 32.9 Å². The monoisotopic (exact) mass is 459 g/mol. The van der Waals surface area contributed by atoms with Gasteiger partial charge < -0.3 is 19.9 Å². The van der Waals surface area contributed by atoms with Crippen LogP contribution in [0, 0.1) is 0 Å². The van der Waals surface area contributed by atoms with Crippen LogP contribution in [0.4, 0.5) is 16.2 Å². The number of benzene rings is 2. The standard InChI is InChI=1S/C24H27Cl2N3O2/c1-24(2,3)31-23(30)27-11-12-29-21-6-4-5-17(21)18-13-15(8-10-22(18)29)28-16-7-9-19(25)20(26)14-16/h7-10,13-14,28H,4-6,11-12H2,1-3H3,(H,27,30). The fourth-order valence-corrected chi connectivity index (χ4v) is 4.43. The number of hydrogen-bond acceptors (Lipinski definition) is 3. The maximum Gasteiger partial charge on any atom is 0.407 e. The van der Waals surface area contributed by atoms with Crippen LogP contribution < -0.4 is 10.6 Å². The Balaban J connectivity index is 1.54. The summed E-state index contributed by atoms with van der Waals surface area (Å²) in [7, 11) is 0. The van der Waals surface area contributed by atoms with Crippen molar-refractivity contribution in [3.8, 4) is 0 Å². The van der Waals surface area contributed by atoms with E-state index in [9.17, 15) is 4.79 Å². The van der Waals surface area contributed by atoms with Gasteiger partial charge >= 0.3 is 6.09 Å². The van der Waals surface area contributed by atoms with Crippen LogP contribution in [0.1, 0.15) is 38.4 Å². The molecule has 0 spiro atoms. The van der Waals surface area contributed by atoms with E-state index in [2.05, 4.69) is 33.4 Å². The molecule has 1 aliphatic carbocycles. The molecule has 0 saturated carbocycles. The Labute approximate surface area is 192 Å². The predicted molar refractivity (Wildman–Crippen MR) is 128 cm³/mol. The molecule has 7 heteroatoms. The van der Waals surface area contributed by atoms with Crippen LogP contribution in [0.25, 0.3) is 10.9 Å². The number of amides is 1. The molecule has 1 aliphatic rings. The lowest BCUT2D eigenvalue weighted by atomic mass is 10.1. The average Bonchev–Trinajstić information content (AvgIpc) is 3.26. The zero-order chi connectivity index (χ0) is 22.2. The van der Waals surface area contributed by atoms with Crippen LogP contribution >= 0.6 is 23.2 Å². The zero-order valence-corrected chi connectivity index (χ0v) is 19.5. The molecular weight excluding hydrogens is 433 g/mol. The molecule has 1 aromatic heterocycles. The number of halogens is 2. The van der Waals surface area contributed by atoms with Crippen molar-refractivity contribution in [2.75, 3.05) is 11.9 Å². The summed E-state index contributed by atoms with van der Waals surface area (Å²) in [6.07, 6.45) is 2.92. The highest BCUT2D eigenvalue weighted by Gasteiger charge is 2.22. The van der Waals surface area contributed by atoms with E-state index in [0.29, 0.717) is 23.1 Å². The van der Waals surface area contributed by atoms with Crippen LogP contribution in [0.5, 0.6) is 0 Å². The molecule has 1 heterocycles. The Morgan fingerprint density at radius 1 is 1.06 bits per heavy atom. The second-order valence-corrected chi connectivity index (χ2v) is 9.66. The Kier molecular flexibility index (Phi) is 6.09. The van der Waals surface area contributed by atoms with Crippen molar-refractivity contribution in [2.24, 2.45) is 0 Å². The third-order valence-corrected chi connectivity index (χ3v) is 6.08. The number of fused-ring (bicyclic) bond motifs is 3. The third kappa shape index (κ3) is 4.94. The number of aromatic nitrogens is 1. The number of anilines is 2. The third-order valence-electron chi connectivity index (χ3n) is 5.34. The first kappa shape index (κ1) is 21.8. The molecule has 0 unspecified atom stereocenters. The van der Waals surface area contributed by atoms with Crippen molar-refractivity contribution in [1.82, 2.24) is 9.88 Å². The summed E-state index contributed by atoms with van der Waals surface area (Å²) >= 11 is 12.2. The summed E-state index contributed by atoms with van der Waals surface area (Å²) in [6, 6.07) is 11.9. The van der Waals surface area contributed by atoms with Crippen molar-refractivity contribution in [3.63, 3.8) is 0 Å². The van der Waals surface area contributed by atoms with Gasteiger partial charge in [0.1, 0.15) is 5.60 Å². The molecule has 2 aromatic carbocycles. The number of ether oxygens (including phenoxy) is 1. The number of rotatable bonds is 5. The summed E-state index contributed by atoms with van der Waals surface area (Å²) < 4.78 is 7.67. The smallest absolute Gasteiger partial charge is 0.407 e. The second kappa shape index (κ2) is 8.64. The van der Waals surface area contributed by atoms with E-state index >= 15 is 0 Å². The van der Waals surface area contributed by atoms with Crippen LogP contribution in [-0.2, 0) is 24.1 Å². The lowest BCUT2D eigenvalue weighted by Crippen LogP contribution is -2.34. The van der Waals surface area contributed by atoms with E-state index < -0.39 is 5.60 Å². The van der Waals surface area contributed by atoms with Gasteiger partial charge in [-0.15, -0.1) is 0 Å². The predicted octanol–water partition coefficient (Wildman–Crippen LogP) is 6.71. The largest absolute Gasteiger partial charge is 0.444 e. The molecule has 4 rings (SSSR count). The van der Waals surface area contributed by atoms with E-state index in [-0.39, 0.29) is 6.09 Å². The number of aryl methyl sites for hydroxylation is 1. The van der Waals surface area contributed by atoms with Crippen LogP contribution in [0.15, 0.2) is 36.4 Å². The molecular formula is C24H27Cl2N3O2. The number of nitrogens with one attached hydrogen (secondary N) is 2. The molecule has 164 valence electrons. The van der Waals surface area contributed by atoms with Crippen molar-refractivity contribution in [2.45, 2.75) is 52.2 Å². The minimum atomic E-state index is -0.497. The van der Waals surface area contributed by atoms with E-state index in [1.165, 1.54) is 22.2 Å². The van der Waals surface area contributed by atoms with Crippen LogP contribution in [0.2, 0.25) is 10.0 Å². The number of carbonyl (C=O) groups excluding carboxylic acids is 1. The van der Waals surface area contributed by atoms with E-state index in [1.54, 1.807) is 6.07 Å².